The number of halogens is 1. The van der Waals surface area contributed by atoms with Crippen LogP contribution in [0.3, 0.4) is 0 Å². The lowest BCUT2D eigenvalue weighted by Gasteiger charge is -2.05. The van der Waals surface area contributed by atoms with Gasteiger partial charge in [-0.3, -0.25) is 0 Å². The Kier molecular flexibility index (Phi) is 6.76. The van der Waals surface area contributed by atoms with E-state index in [0.717, 1.165) is 0 Å². The van der Waals surface area contributed by atoms with Crippen molar-refractivity contribution in [1.82, 2.24) is 4.72 Å². The minimum Gasteiger partial charge on any atom is -0.330 e. The van der Waals surface area contributed by atoms with E-state index < -0.39 is 10.0 Å². The van der Waals surface area contributed by atoms with Crippen LogP contribution in [0.5, 0.6) is 0 Å². The first-order valence-corrected chi connectivity index (χ1v) is 6.28. The summed E-state index contributed by atoms with van der Waals surface area (Å²) in [5.74, 6) is 0. The van der Waals surface area contributed by atoms with E-state index >= 15 is 0 Å². The molecule has 1 rings (SSSR count). The highest BCUT2D eigenvalue weighted by atomic mass is 35.5. The van der Waals surface area contributed by atoms with E-state index in [9.17, 15) is 8.42 Å². The first-order chi connectivity index (χ1) is 7.60. The number of hydrogen-bond acceptors (Lipinski definition) is 4. The van der Waals surface area contributed by atoms with Gasteiger partial charge in [0, 0.05) is 6.54 Å². The van der Waals surface area contributed by atoms with Crippen LogP contribution < -0.4 is 10.5 Å². The van der Waals surface area contributed by atoms with Crippen molar-refractivity contribution in [3.05, 3.63) is 29.8 Å². The van der Waals surface area contributed by atoms with Crippen LogP contribution in [0.25, 0.3) is 0 Å². The molecule has 0 aliphatic carbocycles. The van der Waals surface area contributed by atoms with Crippen LogP contribution >= 0.6 is 12.4 Å². The Labute approximate surface area is 107 Å². The van der Waals surface area contributed by atoms with Crippen molar-refractivity contribution in [2.45, 2.75) is 11.3 Å². The number of sulfonamides is 1. The first-order valence-electron chi connectivity index (χ1n) is 4.80. The first kappa shape index (κ1) is 15.9. The van der Waals surface area contributed by atoms with Gasteiger partial charge in [0.25, 0.3) is 0 Å². The lowest BCUT2D eigenvalue weighted by atomic mass is 10.2. The molecule has 0 fully saturated rings. The molecule has 0 bridgehead atoms. The van der Waals surface area contributed by atoms with Gasteiger partial charge in [-0.15, -0.1) is 12.4 Å². The van der Waals surface area contributed by atoms with E-state index in [1.54, 1.807) is 0 Å². The molecule has 0 aromatic heterocycles. The SMILES string of the molecule is Cl.N#Cc1ccc(S(=O)(=O)NCCCN)cc1. The Hall–Kier alpha value is -1.13. The van der Waals surface area contributed by atoms with E-state index in [1.807, 2.05) is 6.07 Å². The fraction of sp³-hybridized carbons (Fsp3) is 0.300. The standard InChI is InChI=1S/C10H13N3O2S.ClH/c11-6-1-7-13-16(14,15)10-4-2-9(8-12)3-5-10;/h2-5,13H,1,6-7,11H2;1H. The Morgan fingerprint density at radius 2 is 1.88 bits per heavy atom. The van der Waals surface area contributed by atoms with Gasteiger partial charge in [-0.05, 0) is 37.2 Å². The Bertz CT molecular complexity index is 479. The molecule has 0 spiro atoms. The van der Waals surface area contributed by atoms with Gasteiger partial charge < -0.3 is 5.73 Å². The van der Waals surface area contributed by atoms with Gasteiger partial charge in [0.15, 0.2) is 0 Å². The summed E-state index contributed by atoms with van der Waals surface area (Å²) < 4.78 is 25.8. The lowest BCUT2D eigenvalue weighted by Crippen LogP contribution is -2.26. The highest BCUT2D eigenvalue weighted by molar-refractivity contribution is 7.89. The molecule has 3 N–H and O–H groups in total. The predicted molar refractivity (Wildman–Crippen MR) is 67.3 cm³/mol. The molecule has 0 atom stereocenters. The van der Waals surface area contributed by atoms with Gasteiger partial charge >= 0.3 is 0 Å². The monoisotopic (exact) mass is 275 g/mol. The summed E-state index contributed by atoms with van der Waals surface area (Å²) in [6.07, 6.45) is 0.593. The third-order valence-electron chi connectivity index (χ3n) is 1.97. The molecule has 0 saturated heterocycles. The minimum atomic E-state index is -3.47. The maximum absolute atomic E-state index is 11.7. The second kappa shape index (κ2) is 7.25. The van der Waals surface area contributed by atoms with Crippen LogP contribution in [-0.2, 0) is 10.0 Å². The second-order valence-corrected chi connectivity index (χ2v) is 4.94. The van der Waals surface area contributed by atoms with Gasteiger partial charge in [-0.25, -0.2) is 13.1 Å². The molecule has 94 valence electrons. The number of nitrogens with one attached hydrogen (secondary N) is 1. The van der Waals surface area contributed by atoms with E-state index in [-0.39, 0.29) is 17.3 Å². The molecule has 5 nitrogen and oxygen atoms in total. The van der Waals surface area contributed by atoms with E-state index in [4.69, 9.17) is 11.0 Å². The quantitative estimate of drug-likeness (QED) is 0.770. The minimum absolute atomic E-state index is 0. The summed E-state index contributed by atoms with van der Waals surface area (Å²) >= 11 is 0. The van der Waals surface area contributed by atoms with Crippen molar-refractivity contribution >= 4 is 22.4 Å². The maximum atomic E-state index is 11.7. The Morgan fingerprint density at radius 1 is 1.29 bits per heavy atom. The van der Waals surface area contributed by atoms with Crippen LogP contribution in [0, 0.1) is 11.3 Å². The molecular weight excluding hydrogens is 262 g/mol. The predicted octanol–water partition coefficient (Wildman–Crippen LogP) is 0.607. The molecule has 0 unspecified atom stereocenters. The fourth-order valence-electron chi connectivity index (χ4n) is 1.10. The third kappa shape index (κ3) is 4.71. The molecule has 0 radical (unpaired) electrons. The van der Waals surface area contributed by atoms with Gasteiger partial charge in [0.05, 0.1) is 16.5 Å². The van der Waals surface area contributed by atoms with Gasteiger partial charge in [0.2, 0.25) is 10.0 Å². The molecule has 0 saturated carbocycles. The highest BCUT2D eigenvalue weighted by Gasteiger charge is 2.12. The number of nitriles is 1. The van der Waals surface area contributed by atoms with Crippen molar-refractivity contribution < 1.29 is 8.42 Å². The maximum Gasteiger partial charge on any atom is 0.240 e. The molecule has 0 aliphatic heterocycles. The zero-order valence-electron chi connectivity index (χ0n) is 9.09. The Balaban J connectivity index is 0.00000256. The van der Waals surface area contributed by atoms with Crippen molar-refractivity contribution in [1.29, 1.82) is 5.26 Å². The van der Waals surface area contributed by atoms with Crippen LogP contribution in [0.15, 0.2) is 29.2 Å². The molecule has 1 aromatic rings. The van der Waals surface area contributed by atoms with Crippen molar-refractivity contribution in [2.24, 2.45) is 5.73 Å². The zero-order valence-corrected chi connectivity index (χ0v) is 10.7. The smallest absolute Gasteiger partial charge is 0.240 e. The van der Waals surface area contributed by atoms with Crippen LogP contribution in [0.2, 0.25) is 0 Å². The summed E-state index contributed by atoms with van der Waals surface area (Å²) in [6, 6.07) is 7.68. The van der Waals surface area contributed by atoms with Crippen molar-refractivity contribution in [3.8, 4) is 6.07 Å². The van der Waals surface area contributed by atoms with Crippen molar-refractivity contribution in [3.63, 3.8) is 0 Å². The van der Waals surface area contributed by atoms with Gasteiger partial charge in [0.1, 0.15) is 0 Å². The second-order valence-electron chi connectivity index (χ2n) is 3.18. The number of nitrogens with two attached hydrogens (primary N) is 1. The molecule has 0 aliphatic rings. The number of hydrogen-bond donors (Lipinski definition) is 2. The summed E-state index contributed by atoms with van der Waals surface area (Å²) in [7, 11) is -3.47. The normalized spacial score (nSPS) is 10.4. The van der Waals surface area contributed by atoms with E-state index in [0.29, 0.717) is 25.1 Å². The molecular formula is C10H14ClN3O2S. The summed E-state index contributed by atoms with van der Waals surface area (Å²) in [4.78, 5) is 0.156. The molecule has 0 heterocycles. The van der Waals surface area contributed by atoms with Crippen LogP contribution in [0.4, 0.5) is 0 Å². The van der Waals surface area contributed by atoms with Gasteiger partial charge in [-0.2, -0.15) is 5.26 Å². The number of benzene rings is 1. The largest absolute Gasteiger partial charge is 0.330 e. The summed E-state index contributed by atoms with van der Waals surface area (Å²) in [6.45, 7) is 0.759. The average molecular weight is 276 g/mol. The summed E-state index contributed by atoms with van der Waals surface area (Å²) in [5.41, 5.74) is 5.69. The van der Waals surface area contributed by atoms with Gasteiger partial charge in [-0.1, -0.05) is 0 Å². The Morgan fingerprint density at radius 3 is 2.35 bits per heavy atom. The lowest BCUT2D eigenvalue weighted by molar-refractivity contribution is 0.579. The number of rotatable bonds is 5. The number of nitrogens with zero attached hydrogens (tertiary/aromatic N) is 1. The zero-order chi connectivity index (χ0) is 12.0. The van der Waals surface area contributed by atoms with Crippen molar-refractivity contribution in [2.75, 3.05) is 13.1 Å². The molecule has 17 heavy (non-hydrogen) atoms. The highest BCUT2D eigenvalue weighted by Crippen LogP contribution is 2.09. The average Bonchev–Trinajstić information content (AvgIpc) is 2.29. The molecule has 7 heteroatoms. The fourth-order valence-corrected chi connectivity index (χ4v) is 2.17. The molecule has 0 amide bonds. The topological polar surface area (TPSA) is 96.0 Å². The molecule has 1 aromatic carbocycles. The van der Waals surface area contributed by atoms with E-state index in [2.05, 4.69) is 4.72 Å². The summed E-state index contributed by atoms with van der Waals surface area (Å²) in [5, 5.41) is 8.58. The third-order valence-corrected chi connectivity index (χ3v) is 3.44. The van der Waals surface area contributed by atoms with E-state index in [1.165, 1.54) is 24.3 Å². The van der Waals surface area contributed by atoms with Crippen LogP contribution in [-0.4, -0.2) is 21.5 Å². The van der Waals surface area contributed by atoms with Crippen LogP contribution in [0.1, 0.15) is 12.0 Å².